The first kappa shape index (κ1) is 16.0. The van der Waals surface area contributed by atoms with Gasteiger partial charge in [-0.05, 0) is 33.9 Å². The van der Waals surface area contributed by atoms with Crippen LogP contribution < -0.4 is 0 Å². The summed E-state index contributed by atoms with van der Waals surface area (Å²) in [6.45, 7) is 4.17. The predicted molar refractivity (Wildman–Crippen MR) is 73.7 cm³/mol. The number of carbonyl (C=O) groups excluding carboxylic acids is 2. The molecule has 1 amide bonds. The topological polar surface area (TPSA) is 49.9 Å². The second kappa shape index (κ2) is 8.15. The Kier molecular flexibility index (Phi) is 6.84. The van der Waals surface area contributed by atoms with Crippen molar-refractivity contribution in [3.8, 4) is 0 Å². The van der Waals surface area contributed by atoms with Crippen molar-refractivity contribution in [1.82, 2.24) is 9.80 Å². The molecule has 1 fully saturated rings. The van der Waals surface area contributed by atoms with Crippen LogP contribution >= 0.6 is 0 Å². The highest BCUT2D eigenvalue weighted by atomic mass is 16.5. The van der Waals surface area contributed by atoms with Crippen LogP contribution in [0.25, 0.3) is 0 Å². The molecule has 1 rings (SSSR count). The third kappa shape index (κ3) is 5.59. The van der Waals surface area contributed by atoms with Gasteiger partial charge in [0.2, 0.25) is 5.91 Å². The molecule has 0 atom stereocenters. The predicted octanol–water partition coefficient (Wildman–Crippen LogP) is 1.13. The number of rotatable bonds is 8. The SMILES string of the molecule is CCOC(=O)CCN(CCN(C)C)C(=O)C1CCC1. The minimum absolute atomic E-state index is 0.185. The van der Waals surface area contributed by atoms with Gasteiger partial charge in [-0.3, -0.25) is 9.59 Å². The molecule has 0 spiro atoms. The van der Waals surface area contributed by atoms with Gasteiger partial charge in [0.25, 0.3) is 0 Å². The number of hydrogen-bond donors (Lipinski definition) is 0. The lowest BCUT2D eigenvalue weighted by Crippen LogP contribution is -2.43. The Morgan fingerprint density at radius 1 is 1.16 bits per heavy atom. The molecule has 0 aromatic rings. The van der Waals surface area contributed by atoms with Crippen molar-refractivity contribution in [1.29, 1.82) is 0 Å². The van der Waals surface area contributed by atoms with Gasteiger partial charge >= 0.3 is 5.97 Å². The first-order valence-corrected chi connectivity index (χ1v) is 7.13. The molecule has 0 saturated heterocycles. The zero-order chi connectivity index (χ0) is 14.3. The molecule has 0 aromatic carbocycles. The Balaban J connectivity index is 2.43. The second-order valence-electron chi connectivity index (χ2n) is 5.31. The van der Waals surface area contributed by atoms with Crippen LogP contribution in [0.1, 0.15) is 32.6 Å². The summed E-state index contributed by atoms with van der Waals surface area (Å²) in [6, 6.07) is 0. The van der Waals surface area contributed by atoms with Crippen LogP contribution in [-0.2, 0) is 14.3 Å². The Morgan fingerprint density at radius 2 is 1.84 bits per heavy atom. The molecule has 0 N–H and O–H groups in total. The molecule has 1 aliphatic rings. The monoisotopic (exact) mass is 270 g/mol. The van der Waals surface area contributed by atoms with E-state index in [1.54, 1.807) is 6.92 Å². The number of esters is 1. The van der Waals surface area contributed by atoms with Gasteiger partial charge in [0.15, 0.2) is 0 Å². The lowest BCUT2D eigenvalue weighted by molar-refractivity contribution is -0.145. The summed E-state index contributed by atoms with van der Waals surface area (Å²) in [6.07, 6.45) is 3.43. The maximum Gasteiger partial charge on any atom is 0.307 e. The van der Waals surface area contributed by atoms with Crippen molar-refractivity contribution < 1.29 is 14.3 Å². The van der Waals surface area contributed by atoms with Crippen LogP contribution in [0.2, 0.25) is 0 Å². The summed E-state index contributed by atoms with van der Waals surface area (Å²) in [5.41, 5.74) is 0. The minimum atomic E-state index is -0.223. The maximum absolute atomic E-state index is 12.3. The minimum Gasteiger partial charge on any atom is -0.466 e. The number of nitrogens with zero attached hydrogens (tertiary/aromatic N) is 2. The number of hydrogen-bond acceptors (Lipinski definition) is 4. The second-order valence-corrected chi connectivity index (χ2v) is 5.31. The molecular formula is C14H26N2O3. The van der Waals surface area contributed by atoms with E-state index in [0.717, 1.165) is 25.8 Å². The fraction of sp³-hybridized carbons (Fsp3) is 0.857. The number of likely N-dealkylation sites (N-methyl/N-ethyl adjacent to an activating group) is 1. The average Bonchev–Trinajstić information content (AvgIpc) is 2.26. The van der Waals surface area contributed by atoms with Crippen molar-refractivity contribution in [3.63, 3.8) is 0 Å². The van der Waals surface area contributed by atoms with Crippen LogP contribution in [-0.4, -0.2) is 62.0 Å². The van der Waals surface area contributed by atoms with Gasteiger partial charge in [-0.15, -0.1) is 0 Å². The maximum atomic E-state index is 12.3. The van der Waals surface area contributed by atoms with E-state index >= 15 is 0 Å². The van der Waals surface area contributed by atoms with E-state index < -0.39 is 0 Å². The van der Waals surface area contributed by atoms with E-state index in [0.29, 0.717) is 26.1 Å². The molecule has 0 aliphatic heterocycles. The highest BCUT2D eigenvalue weighted by Crippen LogP contribution is 2.28. The van der Waals surface area contributed by atoms with Crippen LogP contribution in [0, 0.1) is 5.92 Å². The summed E-state index contributed by atoms with van der Waals surface area (Å²) in [4.78, 5) is 27.5. The molecule has 5 heteroatoms. The molecule has 110 valence electrons. The Morgan fingerprint density at radius 3 is 2.32 bits per heavy atom. The Labute approximate surface area is 115 Å². The molecule has 19 heavy (non-hydrogen) atoms. The Bertz CT molecular complexity index is 301. The van der Waals surface area contributed by atoms with Crippen LogP contribution in [0.4, 0.5) is 0 Å². The molecule has 0 radical (unpaired) electrons. The van der Waals surface area contributed by atoms with Crippen LogP contribution in [0.15, 0.2) is 0 Å². The summed E-state index contributed by atoms with van der Waals surface area (Å²) in [5, 5.41) is 0. The van der Waals surface area contributed by atoms with Crippen LogP contribution in [0.3, 0.4) is 0 Å². The molecule has 0 bridgehead atoms. The normalized spacial score (nSPS) is 15.2. The standard InChI is InChI=1S/C14H26N2O3/c1-4-19-13(17)8-9-16(11-10-15(2)3)14(18)12-6-5-7-12/h12H,4-11H2,1-3H3. The van der Waals surface area contributed by atoms with E-state index in [4.69, 9.17) is 4.74 Å². The van der Waals surface area contributed by atoms with Gasteiger partial charge in [0.05, 0.1) is 13.0 Å². The summed E-state index contributed by atoms with van der Waals surface area (Å²) < 4.78 is 4.91. The molecule has 5 nitrogen and oxygen atoms in total. The van der Waals surface area contributed by atoms with Gasteiger partial charge in [-0.2, -0.15) is 0 Å². The van der Waals surface area contributed by atoms with Gasteiger partial charge < -0.3 is 14.5 Å². The van der Waals surface area contributed by atoms with E-state index in [9.17, 15) is 9.59 Å². The molecular weight excluding hydrogens is 244 g/mol. The third-order valence-electron chi connectivity index (χ3n) is 3.47. The largest absolute Gasteiger partial charge is 0.466 e. The smallest absolute Gasteiger partial charge is 0.307 e. The van der Waals surface area contributed by atoms with Gasteiger partial charge in [0, 0.05) is 25.6 Å². The lowest BCUT2D eigenvalue weighted by Gasteiger charge is -2.32. The van der Waals surface area contributed by atoms with Crippen LogP contribution in [0.5, 0.6) is 0 Å². The molecule has 1 aliphatic carbocycles. The van der Waals surface area contributed by atoms with Crippen molar-refractivity contribution in [2.24, 2.45) is 5.92 Å². The van der Waals surface area contributed by atoms with Gasteiger partial charge in [-0.25, -0.2) is 0 Å². The molecule has 0 unspecified atom stereocenters. The summed E-state index contributed by atoms with van der Waals surface area (Å²) >= 11 is 0. The quantitative estimate of drug-likeness (QED) is 0.620. The molecule has 1 saturated carbocycles. The van der Waals surface area contributed by atoms with E-state index in [2.05, 4.69) is 0 Å². The number of ether oxygens (including phenoxy) is 1. The average molecular weight is 270 g/mol. The summed E-state index contributed by atoms with van der Waals surface area (Å²) in [7, 11) is 3.97. The fourth-order valence-electron chi connectivity index (χ4n) is 2.03. The summed E-state index contributed by atoms with van der Waals surface area (Å²) in [5.74, 6) is 0.167. The first-order chi connectivity index (χ1) is 9.04. The van der Waals surface area contributed by atoms with Gasteiger partial charge in [0.1, 0.15) is 0 Å². The van der Waals surface area contributed by atoms with E-state index in [-0.39, 0.29) is 17.8 Å². The van der Waals surface area contributed by atoms with Crippen molar-refractivity contribution >= 4 is 11.9 Å². The zero-order valence-corrected chi connectivity index (χ0v) is 12.4. The van der Waals surface area contributed by atoms with E-state index in [1.807, 2.05) is 23.9 Å². The zero-order valence-electron chi connectivity index (χ0n) is 12.4. The third-order valence-corrected chi connectivity index (χ3v) is 3.47. The fourth-order valence-corrected chi connectivity index (χ4v) is 2.03. The van der Waals surface area contributed by atoms with Crippen molar-refractivity contribution in [2.75, 3.05) is 40.3 Å². The Hall–Kier alpha value is -1.10. The van der Waals surface area contributed by atoms with E-state index in [1.165, 1.54) is 0 Å². The number of carbonyl (C=O) groups is 2. The van der Waals surface area contributed by atoms with Crippen molar-refractivity contribution in [2.45, 2.75) is 32.6 Å². The first-order valence-electron chi connectivity index (χ1n) is 7.13. The highest BCUT2D eigenvalue weighted by molar-refractivity contribution is 5.80. The van der Waals surface area contributed by atoms with Crippen molar-refractivity contribution in [3.05, 3.63) is 0 Å². The number of amides is 1. The molecule has 0 heterocycles. The lowest BCUT2D eigenvalue weighted by atomic mass is 9.84. The molecule has 0 aromatic heterocycles. The van der Waals surface area contributed by atoms with Gasteiger partial charge in [-0.1, -0.05) is 6.42 Å². The highest BCUT2D eigenvalue weighted by Gasteiger charge is 2.29.